The number of carboxylic acids is 1. The van der Waals surface area contributed by atoms with E-state index in [9.17, 15) is 19.5 Å². The summed E-state index contributed by atoms with van der Waals surface area (Å²) in [6, 6.07) is 20.4. The molecule has 20 rings (SSSR count). The molecule has 16 nitrogen and oxygen atoms in total. The van der Waals surface area contributed by atoms with Gasteiger partial charge in [0.25, 0.3) is 0 Å². The first kappa shape index (κ1) is 112. The predicted molar refractivity (Wildman–Crippen MR) is 587 cm³/mol. The van der Waals surface area contributed by atoms with Crippen LogP contribution in [-0.2, 0) is 79.7 Å². The number of esters is 2. The average Bonchev–Trinajstić information content (AvgIpc) is 0.675. The molecule has 16 heteroatoms. The van der Waals surface area contributed by atoms with Gasteiger partial charge < -0.3 is 62.5 Å². The van der Waals surface area contributed by atoms with E-state index in [4.69, 9.17) is 52.1 Å². The summed E-state index contributed by atoms with van der Waals surface area (Å²) in [4.78, 5) is 42.8. The molecular formula is C131H205NO15. The van der Waals surface area contributed by atoms with Gasteiger partial charge in [0.1, 0.15) is 13.2 Å². The Morgan fingerprint density at radius 3 is 1.05 bits per heavy atom. The topological polar surface area (TPSA) is 185 Å². The first-order valence-electron chi connectivity index (χ1n) is 60.3. The molecule has 2 N–H and O–H groups in total. The molecule has 147 heavy (non-hydrogen) atoms. The van der Waals surface area contributed by atoms with Crippen LogP contribution in [0.1, 0.15) is 365 Å². The summed E-state index contributed by atoms with van der Waals surface area (Å²) in [6.45, 7) is 78.9. The van der Waals surface area contributed by atoms with Crippen molar-refractivity contribution in [2.75, 3.05) is 106 Å². The van der Waals surface area contributed by atoms with Crippen LogP contribution in [0.2, 0.25) is 0 Å². The van der Waals surface area contributed by atoms with Gasteiger partial charge in [0.15, 0.2) is 0 Å². The van der Waals surface area contributed by atoms with Crippen molar-refractivity contribution in [1.29, 1.82) is 0 Å². The second kappa shape index (κ2) is 41.6. The van der Waals surface area contributed by atoms with Gasteiger partial charge in [-0.05, 0) is 327 Å². The fourth-order valence-electron chi connectivity index (χ4n) is 40.8. The number of aliphatic carboxylic acids is 1. The van der Waals surface area contributed by atoms with Crippen LogP contribution in [0.15, 0.2) is 95.6 Å². The fourth-order valence-corrected chi connectivity index (χ4v) is 40.8. The van der Waals surface area contributed by atoms with E-state index >= 15 is 0 Å². The normalized spacial score (nSPS) is 45.0. The lowest BCUT2D eigenvalue weighted by Gasteiger charge is -2.71. The van der Waals surface area contributed by atoms with Crippen molar-refractivity contribution in [2.45, 2.75) is 391 Å². The monoisotopic (exact) mass is 2030 g/mol. The quantitative estimate of drug-likeness (QED) is 0.0669. The third-order valence-corrected chi connectivity index (χ3v) is 50.3. The van der Waals surface area contributed by atoms with Crippen LogP contribution >= 0.6 is 0 Å². The largest absolute Gasteiger partial charge is 0.481 e. The third-order valence-electron chi connectivity index (χ3n) is 50.3. The Kier molecular flexibility index (Phi) is 31.8. The lowest BCUT2D eigenvalue weighted by molar-refractivity contribution is -0.256. The van der Waals surface area contributed by atoms with E-state index in [0.29, 0.717) is 102 Å². The predicted octanol–water partition coefficient (Wildman–Crippen LogP) is 28.7. The van der Waals surface area contributed by atoms with Gasteiger partial charge in [0.2, 0.25) is 0 Å². The zero-order valence-corrected chi connectivity index (χ0v) is 97.4. The highest BCUT2D eigenvalue weighted by molar-refractivity contribution is 5.77. The first-order chi connectivity index (χ1) is 69.5. The van der Waals surface area contributed by atoms with Crippen molar-refractivity contribution in [1.82, 2.24) is 5.32 Å². The smallest absolute Gasteiger partial charge is 0.310 e. The van der Waals surface area contributed by atoms with E-state index in [0.717, 1.165) is 239 Å². The van der Waals surface area contributed by atoms with Crippen LogP contribution in [0.3, 0.4) is 0 Å². The number of carboxylic acid groups (broad SMARTS) is 1. The molecule has 6 heterocycles. The van der Waals surface area contributed by atoms with Gasteiger partial charge in [0.05, 0.1) is 95.5 Å². The van der Waals surface area contributed by atoms with Crippen LogP contribution in [0.4, 0.5) is 0 Å². The SMILES string of the molecule is CC(C)[C@@H](C)[C@@]1(C)CC[C@]2(C)[C@H]3CC[C@@H]4[C@@]5(COC[C@]4(C)[C@@H](OCC4(C)CCOCC4)[C@H](C)C5)C3=CC[C@@]2(C)[C@@H]1C(=O)OCc1ccccc1.CCCC1(CO[C@H]2[C@H](C)C[C@@]34COC[C@@]2(C)[C@@H]3CC[C@H]2C4=CC[C@@]3(C)[C@H](C(=O)OCc4ccccc4)[C@@](C)([C@H](C)C(C)C)CC[C@]23C)CCOCC1.CCNC1(CO[C@H]2[C@H](C)C[C@@]34COC[C@@]2(C)[C@@H]3CC[C@H]2C4=CC[C@@]3(C)[C@H](C(=O)O)[C@@](C)([C@H](C)C(C)C)CC[C@]23C)CCOCC1. The van der Waals surface area contributed by atoms with Crippen LogP contribution < -0.4 is 5.32 Å². The number of carbonyl (C=O) groups is 3. The maximum Gasteiger partial charge on any atom is 0.310 e. The van der Waals surface area contributed by atoms with Gasteiger partial charge in [-0.1, -0.05) is 289 Å². The lowest BCUT2D eigenvalue weighted by atomic mass is 9.34. The number of hydrogen-bond donors (Lipinski definition) is 2. The molecule has 6 aliphatic heterocycles. The highest BCUT2D eigenvalue weighted by Crippen LogP contribution is 2.81. The summed E-state index contributed by atoms with van der Waals surface area (Å²) in [5.41, 5.74) is 6.46. The minimum Gasteiger partial charge on any atom is -0.481 e. The molecule has 0 radical (unpaired) electrons. The Balaban J connectivity index is 0.000000145. The van der Waals surface area contributed by atoms with Gasteiger partial charge in [-0.2, -0.15) is 0 Å². The molecule has 12 aliphatic carbocycles. The summed E-state index contributed by atoms with van der Waals surface area (Å²) >= 11 is 0. The van der Waals surface area contributed by atoms with Crippen molar-refractivity contribution in [2.24, 2.45) is 199 Å². The molecule has 6 bridgehead atoms. The van der Waals surface area contributed by atoms with Crippen molar-refractivity contribution >= 4 is 17.9 Å². The highest BCUT2D eigenvalue weighted by atomic mass is 16.5. The Hall–Kier alpha value is -4.33. The van der Waals surface area contributed by atoms with Crippen molar-refractivity contribution < 1.29 is 71.6 Å². The molecule has 2 aromatic rings. The summed E-state index contributed by atoms with van der Waals surface area (Å²) in [7, 11) is 0. The van der Waals surface area contributed by atoms with Crippen LogP contribution in [0.25, 0.3) is 0 Å². The number of fused-ring (bicyclic) bond motifs is 9. The zero-order valence-electron chi connectivity index (χ0n) is 97.4. The first-order valence-corrected chi connectivity index (χ1v) is 60.3. The second-order valence-corrected chi connectivity index (χ2v) is 58.5. The van der Waals surface area contributed by atoms with Gasteiger partial charge in [-0.3, -0.25) is 14.4 Å². The molecule has 2 aromatic carbocycles. The molecule has 0 aromatic heterocycles. The molecule has 9 saturated carbocycles. The zero-order chi connectivity index (χ0) is 106. The minimum atomic E-state index is -0.582. The van der Waals surface area contributed by atoms with Gasteiger partial charge in [-0.15, -0.1) is 0 Å². The van der Waals surface area contributed by atoms with Crippen LogP contribution in [0.5, 0.6) is 0 Å². The third kappa shape index (κ3) is 18.2. The van der Waals surface area contributed by atoms with Crippen molar-refractivity contribution in [3.8, 4) is 0 Å². The average molecular weight is 2030 g/mol. The number of allylic oxidation sites excluding steroid dienone is 3. The number of benzene rings is 2. The molecule has 15 fully saturated rings. The Bertz CT molecular complexity index is 5010. The standard InChI is InChI=1S/C47H72O5.C45H68O5.C39H65NO5/c1-10-19-46(23-25-49-26-24-46)30-52-40-33(4)27-47-31-50-29-43(40,7)38(47)17-16-36-37(47)18-20-45(9)39(41(48)51-28-35-14-12-11-13-15-35)42(6,34(5)32(2)3)21-22-44(36,45)8;1-30(2)32(4)41(6)19-20-43(8)34-15-16-36-42(7)28-48-29-45(36,25-31(3)38(42)50-27-40(5)21-23-47-24-22-40)35(34)17-18-44(43,9)37(41)39(46)49-26-33-13-11-10-12-14-33;1-10-40-38(17-19-43-20-18-38)23-45-32-26(4)21-39-24-44-22-35(32,7)30(39)12-11-28-29(39)13-14-37(9)31(33(41)42)34(6,27(5)25(2)3)15-16-36(28,37)8/h11-15,18,32-34,36,38-40H,10,16-17,19-31H2,1-9H3;10-14,17,30-32,34,36-38H,15-16,18-29H2,1-9H3;13,25-28,30-32,40H,10-12,14-24H2,1-9H3,(H,41,42)/t33-,34-,36+,38+,39-,40+,42-,43+,44-,45+,47+;31-,32-,34+,36+,37-,38+,41-,42+,43-,44+,45+;26-,27-,28+,30+,31-,32+,34-,35+,36-,37+,39+/m111/s1. The Labute approximate surface area is 891 Å². The summed E-state index contributed by atoms with van der Waals surface area (Å²) < 4.78 is 71.6. The molecule has 33 atom stereocenters. The molecule has 0 amide bonds. The van der Waals surface area contributed by atoms with E-state index in [-0.39, 0.29) is 146 Å². The summed E-state index contributed by atoms with van der Waals surface area (Å²) in [5.74, 6) is 5.73. The lowest BCUT2D eigenvalue weighted by Crippen LogP contribution is -2.69. The Morgan fingerprint density at radius 2 is 0.707 bits per heavy atom. The molecule has 6 saturated heterocycles. The number of ether oxygens (including phenoxy) is 11. The van der Waals surface area contributed by atoms with E-state index in [1.165, 1.54) is 44.9 Å². The number of rotatable bonds is 26. The highest BCUT2D eigenvalue weighted by Gasteiger charge is 2.77. The van der Waals surface area contributed by atoms with Crippen LogP contribution in [0, 0.1) is 199 Å². The summed E-state index contributed by atoms with van der Waals surface area (Å²) in [6.07, 6.45) is 37.1. The maximum atomic E-state index is 14.8. The van der Waals surface area contributed by atoms with E-state index in [2.05, 4.69) is 235 Å². The Morgan fingerprint density at radius 1 is 0.381 bits per heavy atom. The van der Waals surface area contributed by atoms with E-state index < -0.39 is 5.97 Å². The van der Waals surface area contributed by atoms with Crippen molar-refractivity contribution in [3.05, 3.63) is 107 Å². The molecule has 18 aliphatic rings. The molecule has 0 unspecified atom stereocenters. The van der Waals surface area contributed by atoms with Crippen LogP contribution in [-0.4, -0.2) is 153 Å². The fraction of sp³-hybridized carbons (Fsp3) is 0.840. The molecule has 0 spiro atoms. The minimum absolute atomic E-state index is 0.00102. The van der Waals surface area contributed by atoms with Gasteiger partial charge in [0, 0.05) is 77.7 Å². The molecular weight excluding hydrogens is 1830 g/mol. The van der Waals surface area contributed by atoms with Gasteiger partial charge in [-0.25, -0.2) is 0 Å². The summed E-state index contributed by atoms with van der Waals surface area (Å²) in [5, 5.41) is 14.8. The van der Waals surface area contributed by atoms with Crippen molar-refractivity contribution in [3.63, 3.8) is 0 Å². The molecule has 824 valence electrons. The van der Waals surface area contributed by atoms with E-state index in [1.54, 1.807) is 16.7 Å². The maximum absolute atomic E-state index is 14.8. The number of likely N-dealkylation sites (N-methyl/N-ethyl adjacent to an activating group) is 1. The number of carbonyl (C=O) groups excluding carboxylic acids is 2. The second-order valence-electron chi connectivity index (χ2n) is 58.5. The number of nitrogens with one attached hydrogen (secondary N) is 1. The van der Waals surface area contributed by atoms with E-state index in [1.807, 2.05) is 36.4 Å². The van der Waals surface area contributed by atoms with Gasteiger partial charge >= 0.3 is 17.9 Å². The number of hydrogen-bond acceptors (Lipinski definition) is 15.